The molecule has 0 aliphatic carbocycles. The van der Waals surface area contributed by atoms with Crippen LogP contribution in [0.2, 0.25) is 0 Å². The number of nitrogens with zero attached hydrogens (tertiary/aromatic N) is 2. The molecule has 2 heterocycles. The van der Waals surface area contributed by atoms with Gasteiger partial charge in [0.05, 0.1) is 7.11 Å². The van der Waals surface area contributed by atoms with Gasteiger partial charge in [-0.05, 0) is 29.2 Å². The Morgan fingerprint density at radius 2 is 2.19 bits per heavy atom. The molecule has 0 saturated carbocycles. The van der Waals surface area contributed by atoms with E-state index in [9.17, 15) is 0 Å². The highest BCUT2D eigenvalue weighted by atomic mass is 32.1. The Kier molecular flexibility index (Phi) is 3.21. The fourth-order valence-electron chi connectivity index (χ4n) is 1.29. The molecular weight excluding hydrogens is 224 g/mol. The van der Waals surface area contributed by atoms with Crippen LogP contribution in [-0.2, 0) is 6.54 Å². The van der Waals surface area contributed by atoms with Crippen molar-refractivity contribution in [3.05, 3.63) is 30.1 Å². The highest BCUT2D eigenvalue weighted by Crippen LogP contribution is 2.34. The molecular formula is C10H12N4OS. The molecule has 6 heteroatoms. The van der Waals surface area contributed by atoms with Crippen molar-refractivity contribution in [2.45, 2.75) is 6.54 Å². The van der Waals surface area contributed by atoms with Gasteiger partial charge in [0, 0.05) is 18.9 Å². The van der Waals surface area contributed by atoms with Crippen molar-refractivity contribution in [1.82, 2.24) is 9.36 Å². The van der Waals surface area contributed by atoms with Gasteiger partial charge in [-0.15, -0.1) is 0 Å². The number of nitrogen functional groups attached to an aromatic ring is 1. The predicted molar refractivity (Wildman–Crippen MR) is 64.6 cm³/mol. The average Bonchev–Trinajstić information content (AvgIpc) is 2.68. The summed E-state index contributed by atoms with van der Waals surface area (Å²) in [5.74, 6) is 1.03. The number of aromatic nitrogens is 2. The van der Waals surface area contributed by atoms with Crippen LogP contribution < -0.4 is 15.8 Å². The summed E-state index contributed by atoms with van der Waals surface area (Å²) < 4.78 is 9.17. The Hall–Kier alpha value is -1.82. The maximum atomic E-state index is 5.65. The number of anilines is 2. The van der Waals surface area contributed by atoms with Crippen LogP contribution in [0.3, 0.4) is 0 Å². The molecule has 0 radical (unpaired) electrons. The van der Waals surface area contributed by atoms with E-state index < -0.39 is 0 Å². The van der Waals surface area contributed by atoms with Crippen molar-refractivity contribution >= 4 is 22.4 Å². The van der Waals surface area contributed by atoms with Crippen LogP contribution in [0.5, 0.6) is 5.75 Å². The molecule has 0 aliphatic heterocycles. The second kappa shape index (κ2) is 4.80. The number of rotatable bonds is 4. The Morgan fingerprint density at radius 1 is 1.44 bits per heavy atom. The first kappa shape index (κ1) is 10.7. The van der Waals surface area contributed by atoms with Gasteiger partial charge in [0.25, 0.3) is 0 Å². The highest BCUT2D eigenvalue weighted by Gasteiger charge is 2.10. The maximum absolute atomic E-state index is 5.65. The first-order chi connectivity index (χ1) is 7.81. The van der Waals surface area contributed by atoms with Crippen LogP contribution >= 0.6 is 11.5 Å². The minimum Gasteiger partial charge on any atom is -0.490 e. The molecule has 0 fully saturated rings. The summed E-state index contributed by atoms with van der Waals surface area (Å²) in [4.78, 5) is 3.96. The Morgan fingerprint density at radius 3 is 2.88 bits per heavy atom. The summed E-state index contributed by atoms with van der Waals surface area (Å²) in [6, 6.07) is 3.90. The molecule has 0 amide bonds. The van der Waals surface area contributed by atoms with Gasteiger partial charge in [-0.1, -0.05) is 0 Å². The van der Waals surface area contributed by atoms with Crippen molar-refractivity contribution in [2.75, 3.05) is 18.2 Å². The largest absolute Gasteiger partial charge is 0.490 e. The summed E-state index contributed by atoms with van der Waals surface area (Å²) in [5.41, 5.74) is 6.79. The Bertz CT molecular complexity index is 457. The molecule has 0 bridgehead atoms. The lowest BCUT2D eigenvalue weighted by Crippen LogP contribution is -1.99. The zero-order valence-electron chi connectivity index (χ0n) is 8.80. The minimum absolute atomic E-state index is 0.421. The third-order valence-corrected chi connectivity index (χ3v) is 2.88. The van der Waals surface area contributed by atoms with E-state index in [0.29, 0.717) is 18.1 Å². The van der Waals surface area contributed by atoms with Gasteiger partial charge in [0.2, 0.25) is 0 Å². The first-order valence-electron chi connectivity index (χ1n) is 4.73. The van der Waals surface area contributed by atoms with Crippen LogP contribution in [-0.4, -0.2) is 16.5 Å². The predicted octanol–water partition coefficient (Wildman–Crippen LogP) is 1.74. The highest BCUT2D eigenvalue weighted by molar-refractivity contribution is 7.11. The number of hydrogen-bond acceptors (Lipinski definition) is 6. The summed E-state index contributed by atoms with van der Waals surface area (Å²) >= 11 is 1.29. The van der Waals surface area contributed by atoms with Gasteiger partial charge < -0.3 is 15.8 Å². The second-order valence-electron chi connectivity index (χ2n) is 3.14. The van der Waals surface area contributed by atoms with E-state index in [1.165, 1.54) is 11.5 Å². The summed E-state index contributed by atoms with van der Waals surface area (Å²) in [7, 11) is 1.58. The molecule has 2 aromatic heterocycles. The van der Waals surface area contributed by atoms with Crippen molar-refractivity contribution in [2.24, 2.45) is 0 Å². The zero-order valence-corrected chi connectivity index (χ0v) is 9.62. The number of ether oxygens (including phenoxy) is 1. The quantitative estimate of drug-likeness (QED) is 0.846. The van der Waals surface area contributed by atoms with E-state index in [2.05, 4.69) is 14.7 Å². The molecule has 0 saturated heterocycles. The van der Waals surface area contributed by atoms with Gasteiger partial charge in [0.1, 0.15) is 0 Å². The zero-order chi connectivity index (χ0) is 11.4. The first-order valence-corrected chi connectivity index (χ1v) is 5.50. The number of nitrogens with one attached hydrogen (secondary N) is 1. The number of hydrogen-bond donors (Lipinski definition) is 2. The summed E-state index contributed by atoms with van der Waals surface area (Å²) in [6.07, 6.45) is 3.52. The van der Waals surface area contributed by atoms with Crippen molar-refractivity contribution in [3.63, 3.8) is 0 Å². The number of nitrogens with two attached hydrogens (primary N) is 1. The third-order valence-electron chi connectivity index (χ3n) is 2.08. The van der Waals surface area contributed by atoms with Crippen LogP contribution in [0.4, 0.5) is 10.8 Å². The van der Waals surface area contributed by atoms with Crippen molar-refractivity contribution < 1.29 is 4.74 Å². The van der Waals surface area contributed by atoms with E-state index in [-0.39, 0.29) is 0 Å². The summed E-state index contributed by atoms with van der Waals surface area (Å²) in [5, 5.41) is 4.07. The lowest BCUT2D eigenvalue weighted by Gasteiger charge is -2.05. The number of pyridine rings is 1. The van der Waals surface area contributed by atoms with Gasteiger partial charge in [-0.3, -0.25) is 4.98 Å². The molecule has 0 unspecified atom stereocenters. The van der Waals surface area contributed by atoms with Crippen molar-refractivity contribution in [3.8, 4) is 5.75 Å². The van der Waals surface area contributed by atoms with Crippen LogP contribution in [0.25, 0.3) is 0 Å². The topological polar surface area (TPSA) is 73.1 Å². The SMILES string of the molecule is COc1c(N)nsc1NCc1ccncc1. The monoisotopic (exact) mass is 236 g/mol. The van der Waals surface area contributed by atoms with Gasteiger partial charge in [-0.2, -0.15) is 4.37 Å². The molecule has 0 spiro atoms. The molecule has 0 aliphatic rings. The van der Waals surface area contributed by atoms with Gasteiger partial charge >= 0.3 is 0 Å². The molecule has 2 rings (SSSR count). The van der Waals surface area contributed by atoms with E-state index >= 15 is 0 Å². The molecule has 16 heavy (non-hydrogen) atoms. The van der Waals surface area contributed by atoms with Crippen LogP contribution in [0.15, 0.2) is 24.5 Å². The lowest BCUT2D eigenvalue weighted by molar-refractivity contribution is 0.419. The summed E-state index contributed by atoms with van der Waals surface area (Å²) in [6.45, 7) is 0.695. The van der Waals surface area contributed by atoms with Crippen molar-refractivity contribution in [1.29, 1.82) is 0 Å². The minimum atomic E-state index is 0.421. The maximum Gasteiger partial charge on any atom is 0.197 e. The van der Waals surface area contributed by atoms with E-state index in [4.69, 9.17) is 10.5 Å². The van der Waals surface area contributed by atoms with Gasteiger partial charge in [-0.25, -0.2) is 0 Å². The fourth-order valence-corrected chi connectivity index (χ4v) is 1.97. The Labute approximate surface area is 97.4 Å². The molecule has 0 atom stereocenters. The lowest BCUT2D eigenvalue weighted by atomic mass is 10.3. The standard InChI is InChI=1S/C10H12N4OS/c1-15-8-9(11)14-16-10(8)13-6-7-2-4-12-5-3-7/h2-5,13H,6H2,1H3,(H2,11,14). The van der Waals surface area contributed by atoms with E-state index in [0.717, 1.165) is 10.6 Å². The Balaban J connectivity index is 2.05. The number of methoxy groups -OCH3 is 1. The molecule has 0 aromatic carbocycles. The second-order valence-corrected chi connectivity index (χ2v) is 3.91. The average molecular weight is 236 g/mol. The third kappa shape index (κ3) is 2.22. The molecule has 84 valence electrons. The van der Waals surface area contributed by atoms with Gasteiger partial charge in [0.15, 0.2) is 16.6 Å². The normalized spacial score (nSPS) is 10.1. The molecule has 2 aromatic rings. The fraction of sp³-hybridized carbons (Fsp3) is 0.200. The van der Waals surface area contributed by atoms with Crippen LogP contribution in [0, 0.1) is 0 Å². The smallest absolute Gasteiger partial charge is 0.197 e. The molecule has 5 nitrogen and oxygen atoms in total. The van der Waals surface area contributed by atoms with E-state index in [1.807, 2.05) is 12.1 Å². The molecule has 3 N–H and O–H groups in total. The van der Waals surface area contributed by atoms with E-state index in [1.54, 1.807) is 19.5 Å². The van der Waals surface area contributed by atoms with Crippen LogP contribution in [0.1, 0.15) is 5.56 Å².